The number of rotatable bonds is 26. The Labute approximate surface area is 580 Å². The van der Waals surface area contributed by atoms with Crippen molar-refractivity contribution in [3.8, 4) is 5.75 Å². The van der Waals surface area contributed by atoms with E-state index in [0.29, 0.717) is 22.6 Å². The zero-order valence-electron chi connectivity index (χ0n) is 56.0. The van der Waals surface area contributed by atoms with Crippen LogP contribution in [0.2, 0.25) is 0 Å². The quantitative estimate of drug-likeness (QED) is 0.0193. The predicted molar refractivity (Wildman–Crippen MR) is 375 cm³/mol. The molecule has 11 N–H and O–H groups in total. The number of aryl methyl sites for hydroxylation is 7. The first kappa shape index (κ1) is 71.2. The smallest absolute Gasteiger partial charge is 0.291 e. The molecule has 9 aromatic rings. The van der Waals surface area contributed by atoms with Crippen molar-refractivity contribution in [2.75, 3.05) is 71.7 Å². The summed E-state index contributed by atoms with van der Waals surface area (Å²) >= 11 is 6.31. The van der Waals surface area contributed by atoms with Gasteiger partial charge in [0.25, 0.3) is 29.5 Å². The average Bonchev–Trinajstić information content (AvgIpc) is 1.60. The SMILES string of the molecule is CC(=O)Nc1cn(C)c(NC(=O)c2cc(NC(=O)c3cc(NC(=O)CCC(=O)Nc4cn(C)cc4NC(=O)CCCC(=O)Nc4cc(C(=O)NCCC(=O)Nc5cn(C)c(C(=O)Nc6cc(/C=C(\F)C(=O)N7CC(CCl)c8c7cc(O)c7ccccc87)n(C)c6)n5)n(C)c4)n(C)c3)n(C)c2)n1. The third-order valence-electron chi connectivity index (χ3n) is 16.2. The summed E-state index contributed by atoms with van der Waals surface area (Å²) < 4.78 is 26.4. The highest BCUT2D eigenvalue weighted by Crippen LogP contribution is 2.46. The van der Waals surface area contributed by atoms with E-state index in [4.69, 9.17) is 11.6 Å². The number of hydrogen-bond donors (Lipinski definition) is 11. The van der Waals surface area contributed by atoms with Crippen LogP contribution in [0.15, 0.2) is 110 Å². The molecule has 0 spiro atoms. The second-order valence-electron chi connectivity index (χ2n) is 24.1. The van der Waals surface area contributed by atoms with Crippen molar-refractivity contribution in [2.45, 2.75) is 51.4 Å². The Morgan fingerprint density at radius 1 is 0.554 bits per heavy atom. The molecule has 0 radical (unpaired) electrons. The van der Waals surface area contributed by atoms with E-state index in [1.165, 1.54) is 102 Å². The van der Waals surface area contributed by atoms with E-state index < -0.39 is 64.9 Å². The molecule has 0 fully saturated rings. The first-order valence-corrected chi connectivity index (χ1v) is 32.0. The molecule has 11 amide bonds. The third-order valence-corrected chi connectivity index (χ3v) is 16.6. The number of hydrogen-bond acceptors (Lipinski definition) is 14. The molecule has 8 heterocycles. The highest BCUT2D eigenvalue weighted by Gasteiger charge is 2.36. The fourth-order valence-corrected chi connectivity index (χ4v) is 11.6. The molecule has 0 aliphatic carbocycles. The van der Waals surface area contributed by atoms with Crippen LogP contribution in [0.1, 0.15) is 104 Å². The van der Waals surface area contributed by atoms with Gasteiger partial charge in [-0.25, -0.2) is 9.37 Å². The average molecular weight is 1400 g/mol. The zero-order valence-corrected chi connectivity index (χ0v) is 56.8. The number of nitrogens with one attached hydrogen (secondary N) is 10. The number of carbonyl (C=O) groups is 11. The summed E-state index contributed by atoms with van der Waals surface area (Å²) in [5, 5.41) is 38.8. The molecule has 101 heavy (non-hydrogen) atoms. The van der Waals surface area contributed by atoms with Crippen LogP contribution in [0.25, 0.3) is 16.8 Å². The second kappa shape index (κ2) is 30.5. The molecule has 1 unspecified atom stereocenters. The lowest BCUT2D eigenvalue weighted by Gasteiger charge is -2.17. The fourth-order valence-electron chi connectivity index (χ4n) is 11.3. The number of fused-ring (bicyclic) bond motifs is 3. The Morgan fingerprint density at radius 2 is 1.13 bits per heavy atom. The molecule has 1 aliphatic heterocycles. The van der Waals surface area contributed by atoms with Crippen molar-refractivity contribution in [3.05, 3.63) is 144 Å². The number of anilines is 10. The molecule has 526 valence electrons. The van der Waals surface area contributed by atoms with E-state index in [0.717, 1.165) is 17.0 Å². The number of phenols is 1. The van der Waals surface area contributed by atoms with Gasteiger partial charge in [0, 0.05) is 186 Å². The third kappa shape index (κ3) is 17.1. The summed E-state index contributed by atoms with van der Waals surface area (Å²) in [5.41, 5.74) is 3.03. The maximum absolute atomic E-state index is 15.8. The normalized spacial score (nSPS) is 12.6. The molecular weight excluding hydrogens is 1330 g/mol. The summed E-state index contributed by atoms with van der Waals surface area (Å²) in [6.45, 7) is 1.34. The maximum atomic E-state index is 15.8. The van der Waals surface area contributed by atoms with Crippen molar-refractivity contribution < 1.29 is 62.2 Å². The van der Waals surface area contributed by atoms with Gasteiger partial charge in [0.05, 0.1) is 39.6 Å². The molecule has 1 atom stereocenters. The van der Waals surface area contributed by atoms with Gasteiger partial charge in [-0.1, -0.05) is 24.3 Å². The van der Waals surface area contributed by atoms with Crippen LogP contribution in [0.5, 0.6) is 5.75 Å². The van der Waals surface area contributed by atoms with Crippen molar-refractivity contribution in [1.82, 2.24) is 47.3 Å². The van der Waals surface area contributed by atoms with E-state index in [-0.39, 0.29) is 144 Å². The van der Waals surface area contributed by atoms with Crippen molar-refractivity contribution in [3.63, 3.8) is 0 Å². The lowest BCUT2D eigenvalue weighted by molar-refractivity contribution is -0.121. The molecule has 2 aromatic carbocycles. The predicted octanol–water partition coefficient (Wildman–Crippen LogP) is 6.96. The van der Waals surface area contributed by atoms with Crippen molar-refractivity contribution in [2.24, 2.45) is 49.3 Å². The number of aromatic nitrogens is 9. The molecule has 32 nitrogen and oxygen atoms in total. The Hall–Kier alpha value is -12.6. The molecule has 0 saturated heterocycles. The summed E-state index contributed by atoms with van der Waals surface area (Å²) in [6.07, 6.45) is 12.5. The molecule has 1 aliphatic rings. The number of imidazole rings is 2. The number of halogens is 2. The summed E-state index contributed by atoms with van der Waals surface area (Å²) in [7, 11) is 11.3. The lowest BCUT2D eigenvalue weighted by atomic mass is 9.95. The van der Waals surface area contributed by atoms with Crippen LogP contribution in [0.3, 0.4) is 0 Å². The maximum Gasteiger partial charge on any atom is 0.291 e. The molecule has 0 saturated carbocycles. The van der Waals surface area contributed by atoms with Crippen LogP contribution in [-0.4, -0.2) is 131 Å². The minimum Gasteiger partial charge on any atom is -0.507 e. The highest BCUT2D eigenvalue weighted by atomic mass is 35.5. The van der Waals surface area contributed by atoms with Gasteiger partial charge in [-0.2, -0.15) is 4.98 Å². The number of benzene rings is 2. The minimum absolute atomic E-state index is 0.0480. The number of amides is 11. The van der Waals surface area contributed by atoms with Crippen LogP contribution < -0.4 is 58.1 Å². The van der Waals surface area contributed by atoms with Gasteiger partial charge in [-0.05, 0) is 41.6 Å². The minimum atomic E-state index is -1.09. The summed E-state index contributed by atoms with van der Waals surface area (Å²) in [6, 6.07) is 14.4. The van der Waals surface area contributed by atoms with E-state index in [1.807, 2.05) is 12.1 Å². The van der Waals surface area contributed by atoms with Crippen LogP contribution in [0, 0.1) is 0 Å². The largest absolute Gasteiger partial charge is 0.507 e. The topological polar surface area (TPSA) is 392 Å². The number of phenolic OH excluding ortho intramolecular Hbond substituents is 1. The molecule has 0 bridgehead atoms. The number of carbonyl (C=O) groups excluding carboxylic acids is 11. The van der Waals surface area contributed by atoms with Crippen molar-refractivity contribution >= 4 is 151 Å². The van der Waals surface area contributed by atoms with Crippen molar-refractivity contribution in [1.29, 1.82) is 0 Å². The highest BCUT2D eigenvalue weighted by molar-refractivity contribution is 6.19. The Balaban J connectivity index is 0.611. The number of nitrogens with zero attached hydrogens (tertiary/aromatic N) is 10. The van der Waals surface area contributed by atoms with Gasteiger partial charge < -0.3 is 89.8 Å². The lowest BCUT2D eigenvalue weighted by Crippen LogP contribution is -2.30. The molecule has 7 aromatic heterocycles. The van der Waals surface area contributed by atoms with Gasteiger partial charge in [0.15, 0.2) is 17.5 Å². The van der Waals surface area contributed by atoms with Gasteiger partial charge in [-0.3, -0.25) is 58.1 Å². The van der Waals surface area contributed by atoms with E-state index >= 15 is 4.39 Å². The second-order valence-corrected chi connectivity index (χ2v) is 24.4. The van der Waals surface area contributed by atoms with Gasteiger partial charge >= 0.3 is 0 Å². The summed E-state index contributed by atoms with van der Waals surface area (Å²) in [5.74, 6) is -6.29. The van der Waals surface area contributed by atoms with E-state index in [1.54, 1.807) is 83.0 Å². The monoisotopic (exact) mass is 1400 g/mol. The first-order valence-electron chi connectivity index (χ1n) is 31.4. The Bertz CT molecular complexity index is 4850. The number of alkyl halides is 1. The standard InChI is InChI=1S/C67H72ClFN20O12/c1-36(90)71-51-35-88(8)67(78-51)81-63(98)38-21-54(86(6)28-38)80-62(97)37-20-53(85(5)27-37)79-58(95)17-16-57(94)75-47-33-82(2)32-46(47)74-56(93)15-11-14-55(92)72-41-23-49(84(4)31-41)64(99)70-19-18-59(96)76-52-34-87(7)61(77-52)65(100)73-40-22-42(83(3)30-40)24-45(69)66(101)89-29-39(26-68)60-44-13-10-9-12-43(44)50(91)25-48(60)89/h9-10,12-13,20-25,27-28,30-35,39,91H,11,14-19,26,29H2,1-8H3,(H,70,99)(H,71,90)(H,72,92)(H,73,100)(H,74,93)(H,75,94)(H,76,96)(H,79,95)(H,80,97)(H,78,81,98)/b45-24-. The van der Waals surface area contributed by atoms with E-state index in [9.17, 15) is 57.8 Å². The van der Waals surface area contributed by atoms with Crippen LogP contribution in [-0.2, 0) is 82.9 Å². The molecule has 10 rings (SSSR count). The Morgan fingerprint density at radius 3 is 1.79 bits per heavy atom. The first-order chi connectivity index (χ1) is 48.1. The van der Waals surface area contributed by atoms with E-state index in [2.05, 4.69) is 63.1 Å². The zero-order chi connectivity index (χ0) is 72.7. The van der Waals surface area contributed by atoms with Gasteiger partial charge in [0.2, 0.25) is 47.2 Å². The van der Waals surface area contributed by atoms with Crippen LogP contribution in [0.4, 0.5) is 62.0 Å². The molecular formula is C67H72ClFN20O12. The fraction of sp³-hybridized carbons (Fsp3) is 0.269. The Kier molecular flexibility index (Phi) is 21.5. The van der Waals surface area contributed by atoms with Gasteiger partial charge in [-0.15, -0.1) is 11.6 Å². The number of aromatic hydroxyl groups is 1. The van der Waals surface area contributed by atoms with Gasteiger partial charge in [0.1, 0.15) is 23.1 Å². The summed E-state index contributed by atoms with van der Waals surface area (Å²) in [4.78, 5) is 153. The van der Waals surface area contributed by atoms with Crippen LogP contribution >= 0.6 is 11.6 Å². The molecule has 34 heteroatoms.